The Morgan fingerprint density at radius 2 is 1.19 bits per heavy atom. The summed E-state index contributed by atoms with van der Waals surface area (Å²) in [5.41, 5.74) is 0.0231. The predicted molar refractivity (Wildman–Crippen MR) is 59.7 cm³/mol. The zero-order chi connectivity index (χ0) is 12.2. The van der Waals surface area contributed by atoms with E-state index in [1.807, 2.05) is 0 Å². The Labute approximate surface area is 91.7 Å². The number of aldehydes is 2. The molecule has 0 aliphatic heterocycles. The largest absolute Gasteiger partial charge is 0.515 e. The molecule has 0 atom stereocenters. The monoisotopic (exact) mass is 222 g/mol. The number of aliphatic imine (C=N–C) groups is 2. The van der Waals surface area contributed by atoms with Gasteiger partial charge in [-0.1, -0.05) is 0 Å². The number of hydrogen-bond acceptors (Lipinski definition) is 6. The van der Waals surface area contributed by atoms with Crippen molar-refractivity contribution in [3.8, 4) is 0 Å². The van der Waals surface area contributed by atoms with Gasteiger partial charge in [0, 0.05) is 24.8 Å². The summed E-state index contributed by atoms with van der Waals surface area (Å²) in [4.78, 5) is 27.6. The van der Waals surface area contributed by atoms with Crippen molar-refractivity contribution >= 4 is 25.0 Å². The minimum atomic E-state index is 0.0115. The number of rotatable bonds is 6. The Bertz CT molecular complexity index is 342. The summed E-state index contributed by atoms with van der Waals surface area (Å²) in [5, 5.41) is 16.9. The van der Waals surface area contributed by atoms with Crippen molar-refractivity contribution in [2.75, 3.05) is 0 Å². The first-order chi connectivity index (χ1) is 7.78. The fraction of sp³-hybridized carbons (Fsp3) is 0. The normalized spacial score (nSPS) is 14.0. The van der Waals surface area contributed by atoms with Crippen LogP contribution >= 0.6 is 0 Å². The maximum absolute atomic E-state index is 10.2. The lowest BCUT2D eigenvalue weighted by molar-refractivity contribution is -0.105. The number of nitrogens with zero attached hydrogens (tertiary/aromatic N) is 2. The number of aliphatic hydroxyl groups is 2. The molecular formula is C10H10N2O4. The standard InChI is InChI=1S/C10H10N2O4/c13-5-9(6-14)3-11-1-2-12-4-10(7-15)8-16/h1-8,13,15H/b2-1+,9-5+,10-7+,11-3-,12-4+. The average Bonchev–Trinajstić information content (AvgIpc) is 2.33. The molecule has 0 aromatic carbocycles. The molecule has 0 aliphatic rings. The zero-order valence-electron chi connectivity index (χ0n) is 8.22. The van der Waals surface area contributed by atoms with E-state index in [9.17, 15) is 9.59 Å². The van der Waals surface area contributed by atoms with Gasteiger partial charge >= 0.3 is 0 Å². The van der Waals surface area contributed by atoms with E-state index in [0.29, 0.717) is 25.1 Å². The van der Waals surface area contributed by atoms with Crippen LogP contribution in [0.4, 0.5) is 0 Å². The average molecular weight is 222 g/mol. The van der Waals surface area contributed by atoms with E-state index in [1.165, 1.54) is 12.4 Å². The summed E-state index contributed by atoms with van der Waals surface area (Å²) in [6.45, 7) is 0. The topological polar surface area (TPSA) is 99.3 Å². The number of allylic oxidation sites excluding steroid dienone is 2. The Morgan fingerprint density at radius 1 is 0.812 bits per heavy atom. The van der Waals surface area contributed by atoms with E-state index in [1.54, 1.807) is 0 Å². The number of hydrogen-bond donors (Lipinski definition) is 2. The molecule has 0 aromatic heterocycles. The number of carbonyl (C=O) groups is 2. The second kappa shape index (κ2) is 9.07. The van der Waals surface area contributed by atoms with Gasteiger partial charge in [-0.05, 0) is 0 Å². The summed E-state index contributed by atoms with van der Waals surface area (Å²) in [7, 11) is 0. The maximum atomic E-state index is 10.2. The third kappa shape index (κ3) is 6.03. The molecule has 0 saturated heterocycles. The Kier molecular flexibility index (Phi) is 7.65. The molecule has 6 nitrogen and oxygen atoms in total. The minimum absolute atomic E-state index is 0.0115. The van der Waals surface area contributed by atoms with E-state index in [0.717, 1.165) is 12.4 Å². The smallest absolute Gasteiger partial charge is 0.154 e. The first-order valence-electron chi connectivity index (χ1n) is 4.09. The van der Waals surface area contributed by atoms with E-state index >= 15 is 0 Å². The summed E-state index contributed by atoms with van der Waals surface area (Å²) in [6, 6.07) is 0. The van der Waals surface area contributed by atoms with Gasteiger partial charge in [0.2, 0.25) is 0 Å². The third-order valence-corrected chi connectivity index (χ3v) is 1.26. The predicted octanol–water partition coefficient (Wildman–Crippen LogP) is 0.881. The molecule has 16 heavy (non-hydrogen) atoms. The molecule has 0 amide bonds. The highest BCUT2D eigenvalue weighted by Crippen LogP contribution is 1.85. The molecule has 0 saturated carbocycles. The van der Waals surface area contributed by atoms with Crippen molar-refractivity contribution in [3.63, 3.8) is 0 Å². The van der Waals surface area contributed by atoms with Crippen molar-refractivity contribution in [2.45, 2.75) is 0 Å². The molecule has 6 heteroatoms. The zero-order valence-corrected chi connectivity index (χ0v) is 8.22. The van der Waals surface area contributed by atoms with Crippen molar-refractivity contribution in [1.29, 1.82) is 0 Å². The highest BCUT2D eigenvalue weighted by molar-refractivity contribution is 6.02. The van der Waals surface area contributed by atoms with Gasteiger partial charge in [0.15, 0.2) is 12.6 Å². The van der Waals surface area contributed by atoms with Crippen LogP contribution in [0, 0.1) is 0 Å². The molecule has 0 fully saturated rings. The van der Waals surface area contributed by atoms with E-state index in [4.69, 9.17) is 10.2 Å². The Hall–Kier alpha value is -2.50. The van der Waals surface area contributed by atoms with Crippen molar-refractivity contribution in [3.05, 3.63) is 36.1 Å². The summed E-state index contributed by atoms with van der Waals surface area (Å²) in [5.74, 6) is 0. The quantitative estimate of drug-likeness (QED) is 0.301. The number of aliphatic hydroxyl groups excluding tert-OH is 2. The Morgan fingerprint density at radius 3 is 1.44 bits per heavy atom. The van der Waals surface area contributed by atoms with Gasteiger partial charge in [0.25, 0.3) is 0 Å². The van der Waals surface area contributed by atoms with Gasteiger partial charge < -0.3 is 10.2 Å². The van der Waals surface area contributed by atoms with Crippen LogP contribution in [0.25, 0.3) is 0 Å². The molecule has 0 aromatic rings. The van der Waals surface area contributed by atoms with Crippen LogP contribution in [0.15, 0.2) is 46.1 Å². The van der Waals surface area contributed by atoms with Gasteiger partial charge in [-0.25, -0.2) is 0 Å². The van der Waals surface area contributed by atoms with Crippen LogP contribution < -0.4 is 0 Å². The lowest BCUT2D eigenvalue weighted by Crippen LogP contribution is -1.85. The van der Waals surface area contributed by atoms with Crippen molar-refractivity contribution in [1.82, 2.24) is 0 Å². The first-order valence-corrected chi connectivity index (χ1v) is 4.09. The lowest BCUT2D eigenvalue weighted by Gasteiger charge is -1.83. The fourth-order valence-electron chi connectivity index (χ4n) is 0.524. The van der Waals surface area contributed by atoms with Crippen molar-refractivity contribution < 1.29 is 19.8 Å². The lowest BCUT2D eigenvalue weighted by atomic mass is 10.4. The van der Waals surface area contributed by atoms with Crippen LogP contribution in [0.5, 0.6) is 0 Å². The second-order valence-corrected chi connectivity index (χ2v) is 2.35. The summed E-state index contributed by atoms with van der Waals surface area (Å²) in [6.07, 6.45) is 6.83. The van der Waals surface area contributed by atoms with Gasteiger partial charge in [-0.3, -0.25) is 19.6 Å². The molecule has 0 radical (unpaired) electrons. The Balaban J connectivity index is 4.23. The molecule has 0 aliphatic carbocycles. The number of carbonyl (C=O) groups excluding carboxylic acids is 2. The molecule has 2 N–H and O–H groups in total. The molecule has 0 spiro atoms. The molecule has 0 heterocycles. The van der Waals surface area contributed by atoms with Gasteiger partial charge in [-0.15, -0.1) is 0 Å². The van der Waals surface area contributed by atoms with E-state index in [2.05, 4.69) is 9.98 Å². The van der Waals surface area contributed by atoms with Crippen LogP contribution in [0.1, 0.15) is 0 Å². The molecule has 84 valence electrons. The molecule has 0 bridgehead atoms. The van der Waals surface area contributed by atoms with Gasteiger partial charge in [-0.2, -0.15) is 0 Å². The molecular weight excluding hydrogens is 212 g/mol. The van der Waals surface area contributed by atoms with Crippen LogP contribution in [-0.2, 0) is 9.59 Å². The fourth-order valence-corrected chi connectivity index (χ4v) is 0.524. The second-order valence-electron chi connectivity index (χ2n) is 2.35. The van der Waals surface area contributed by atoms with Gasteiger partial charge in [0.1, 0.15) is 0 Å². The van der Waals surface area contributed by atoms with Crippen LogP contribution in [-0.4, -0.2) is 35.2 Å². The SMILES string of the molecule is O=CC(/C=N\C=C\N=C\C(C=O)=C/O)=C/O. The van der Waals surface area contributed by atoms with Crippen molar-refractivity contribution in [2.24, 2.45) is 9.98 Å². The maximum Gasteiger partial charge on any atom is 0.154 e. The highest BCUT2D eigenvalue weighted by atomic mass is 16.2. The summed E-state index contributed by atoms with van der Waals surface area (Å²) < 4.78 is 0. The highest BCUT2D eigenvalue weighted by Gasteiger charge is 1.86. The van der Waals surface area contributed by atoms with Crippen LogP contribution in [0.3, 0.4) is 0 Å². The third-order valence-electron chi connectivity index (χ3n) is 1.26. The molecule has 0 unspecified atom stereocenters. The first kappa shape index (κ1) is 13.5. The van der Waals surface area contributed by atoms with Gasteiger partial charge in [0.05, 0.1) is 23.7 Å². The molecule has 0 rings (SSSR count). The summed E-state index contributed by atoms with van der Waals surface area (Å²) >= 11 is 0. The minimum Gasteiger partial charge on any atom is -0.515 e. The van der Waals surface area contributed by atoms with E-state index in [-0.39, 0.29) is 11.1 Å². The van der Waals surface area contributed by atoms with E-state index < -0.39 is 0 Å². The van der Waals surface area contributed by atoms with Crippen LogP contribution in [0.2, 0.25) is 0 Å².